The molecule has 0 N–H and O–H groups in total. The Morgan fingerprint density at radius 2 is 1.00 bits per heavy atom. The minimum Gasteiger partial charge on any atom is -0.0724 e. The quantitative estimate of drug-likeness (QED) is 0.370. The summed E-state index contributed by atoms with van der Waals surface area (Å²) in [5.74, 6) is 0. The van der Waals surface area contributed by atoms with E-state index in [0.717, 1.165) is 0 Å². The van der Waals surface area contributed by atoms with Gasteiger partial charge >= 0.3 is 0 Å². The van der Waals surface area contributed by atoms with Crippen molar-refractivity contribution >= 4 is 19.8 Å². The van der Waals surface area contributed by atoms with Gasteiger partial charge in [-0.15, -0.1) is 0 Å². The van der Waals surface area contributed by atoms with Crippen LogP contribution < -0.4 is 0 Å². The third-order valence-corrected chi connectivity index (χ3v) is 0. The van der Waals surface area contributed by atoms with Crippen LogP contribution in [0, 0.1) is 0 Å². The molecule has 0 heterocycles. The summed E-state index contributed by atoms with van der Waals surface area (Å²) in [5.41, 5.74) is 0. The molecule has 0 aliphatic rings. The van der Waals surface area contributed by atoms with Gasteiger partial charge in [0, 0.05) is 8.80 Å². The minimum absolute atomic E-state index is 0. The molecule has 0 nitrogen and oxygen atoms in total. The van der Waals surface area contributed by atoms with Crippen LogP contribution in [-0.4, -0.2) is 19.8 Å². The molecule has 0 aromatic carbocycles. The highest BCUT2D eigenvalue weighted by Crippen LogP contribution is 1.68. The lowest BCUT2D eigenvalue weighted by Gasteiger charge is -1.75. The van der Waals surface area contributed by atoms with Gasteiger partial charge in [0.2, 0.25) is 0 Å². The minimum atomic E-state index is -0.139. The third kappa shape index (κ3) is 140. The fraction of sp³-hybridized carbons (Fsp3) is 1.00. The van der Waals surface area contributed by atoms with Crippen molar-refractivity contribution in [2.45, 2.75) is 19.6 Å². The maximum absolute atomic E-state index is 2.31. The van der Waals surface area contributed by atoms with E-state index < -0.39 is 0 Å². The Bertz CT molecular complexity index is 9.61. The van der Waals surface area contributed by atoms with Crippen LogP contribution in [0.5, 0.6) is 0 Å². The molecule has 0 atom stereocenters. The Kier molecular flexibility index (Phi) is 8.03. The molecule has 0 spiro atoms. The second-order valence-electron chi connectivity index (χ2n) is 1.73. The molecule has 2 heteroatoms. The molecule has 0 unspecified atom stereocenters. The molecule has 0 radical (unpaired) electrons. The summed E-state index contributed by atoms with van der Waals surface area (Å²) in [4.78, 5) is 0. The average molecular weight is 106 g/mol. The topological polar surface area (TPSA) is 0 Å². The van der Waals surface area contributed by atoms with E-state index in [2.05, 4.69) is 19.6 Å². The summed E-state index contributed by atoms with van der Waals surface area (Å²) in [6.07, 6.45) is 0. The molecule has 34 valence electrons. The van der Waals surface area contributed by atoms with Gasteiger partial charge in [-0.05, 0) is 11.0 Å². The second kappa shape index (κ2) is 4.43. The molecule has 0 aliphatic heterocycles. The Morgan fingerprint density at radius 1 is 1.00 bits per heavy atom. The molecule has 0 fully saturated rings. The Morgan fingerprint density at radius 3 is 1.00 bits per heavy atom. The summed E-state index contributed by atoms with van der Waals surface area (Å²) in [5, 5.41) is 0. The largest absolute Gasteiger partial charge is 0.0724 e. The van der Waals surface area contributed by atoms with Gasteiger partial charge in [0.15, 0.2) is 0 Å². The number of rotatable bonds is 0. The lowest BCUT2D eigenvalue weighted by Crippen LogP contribution is -1.84. The first-order chi connectivity index (χ1) is 1.73. The van der Waals surface area contributed by atoms with E-state index in [1.807, 2.05) is 0 Å². The third-order valence-electron chi connectivity index (χ3n) is 0. The smallest absolute Gasteiger partial charge is 0.0274 e. The van der Waals surface area contributed by atoms with Crippen LogP contribution in [0.3, 0.4) is 0 Å². The van der Waals surface area contributed by atoms with Crippen LogP contribution in [0.4, 0.5) is 0 Å². The van der Waals surface area contributed by atoms with Gasteiger partial charge in [-0.2, -0.15) is 0 Å². The lowest BCUT2D eigenvalue weighted by molar-refractivity contribution is 1.91. The zero-order chi connectivity index (χ0) is 3.58. The van der Waals surface area contributed by atoms with Crippen LogP contribution in [0.25, 0.3) is 0 Å². The Hall–Kier alpha value is 0.434. The van der Waals surface area contributed by atoms with Crippen molar-refractivity contribution in [2.24, 2.45) is 0 Å². The van der Waals surface area contributed by atoms with E-state index in [4.69, 9.17) is 0 Å². The second-order valence-corrected chi connectivity index (χ2v) is 5.20. The molecule has 0 amide bonds. The van der Waals surface area contributed by atoms with Gasteiger partial charge in [0.25, 0.3) is 0 Å². The van der Waals surface area contributed by atoms with Crippen molar-refractivity contribution in [3.05, 3.63) is 0 Å². The summed E-state index contributed by atoms with van der Waals surface area (Å²) in [7, 11) is -0.139. The van der Waals surface area contributed by atoms with Gasteiger partial charge in [0.05, 0.1) is 0 Å². The highest BCUT2D eigenvalue weighted by atomic mass is 28.3. The summed E-state index contributed by atoms with van der Waals surface area (Å²) < 4.78 is 0. The Labute approximate surface area is 40.2 Å². The Balaban J connectivity index is 0. The molecular weight excluding hydrogens is 92.2 g/mol. The van der Waals surface area contributed by atoms with Crippen LogP contribution in [0.2, 0.25) is 19.6 Å². The van der Waals surface area contributed by atoms with Crippen molar-refractivity contribution in [1.29, 1.82) is 0 Å². The summed E-state index contributed by atoms with van der Waals surface area (Å²) in [6.45, 7) is 6.92. The normalized spacial score (nSPS) is 7.20. The number of hydrogen-bond acceptors (Lipinski definition) is 0. The molecule has 0 aliphatic carbocycles. The van der Waals surface area contributed by atoms with E-state index in [1.54, 1.807) is 0 Å². The predicted molar refractivity (Wildman–Crippen MR) is 36.1 cm³/mol. The van der Waals surface area contributed by atoms with Crippen LogP contribution in [-0.2, 0) is 0 Å². The maximum atomic E-state index is 2.31. The molecule has 0 aromatic rings. The summed E-state index contributed by atoms with van der Waals surface area (Å²) >= 11 is 0. The highest BCUT2D eigenvalue weighted by Gasteiger charge is 1.71. The molecule has 0 saturated heterocycles. The van der Waals surface area contributed by atoms with Gasteiger partial charge < -0.3 is 0 Å². The maximum Gasteiger partial charge on any atom is 0.0274 e. The van der Waals surface area contributed by atoms with E-state index in [-0.39, 0.29) is 19.8 Å². The van der Waals surface area contributed by atoms with E-state index >= 15 is 0 Å². The first-order valence-electron chi connectivity index (χ1n) is 1.73. The molecule has 0 aromatic heterocycles. The first kappa shape index (κ1) is 9.06. The number of hydrogen-bond donors (Lipinski definition) is 0. The van der Waals surface area contributed by atoms with Crippen LogP contribution >= 0.6 is 0 Å². The van der Waals surface area contributed by atoms with Crippen molar-refractivity contribution in [3.63, 3.8) is 0 Å². The van der Waals surface area contributed by atoms with Gasteiger partial charge in [0.1, 0.15) is 0 Å². The summed E-state index contributed by atoms with van der Waals surface area (Å²) in [6, 6.07) is 0. The lowest BCUT2D eigenvalue weighted by atomic mass is 11.8. The zero-order valence-electron chi connectivity index (χ0n) is 3.58. The predicted octanol–water partition coefficient (Wildman–Crippen LogP) is -0.349. The molecule has 0 rings (SSSR count). The van der Waals surface area contributed by atoms with Crippen molar-refractivity contribution in [1.82, 2.24) is 0 Å². The first-order valence-corrected chi connectivity index (χ1v) is 5.20. The SMILES string of the molecule is C[SiH](C)C.[SiH4]. The van der Waals surface area contributed by atoms with Gasteiger partial charge in [-0.1, -0.05) is 19.6 Å². The fourth-order valence-electron chi connectivity index (χ4n) is 0. The van der Waals surface area contributed by atoms with Crippen LogP contribution in [0.15, 0.2) is 0 Å². The van der Waals surface area contributed by atoms with Crippen molar-refractivity contribution < 1.29 is 0 Å². The molecule has 0 bridgehead atoms. The molecule has 0 saturated carbocycles. The van der Waals surface area contributed by atoms with Crippen molar-refractivity contribution in [3.8, 4) is 0 Å². The van der Waals surface area contributed by atoms with E-state index in [1.165, 1.54) is 0 Å². The monoisotopic (exact) mass is 106 g/mol. The van der Waals surface area contributed by atoms with E-state index in [0.29, 0.717) is 0 Å². The average Bonchev–Trinajstić information content (AvgIpc) is 0.811. The van der Waals surface area contributed by atoms with Crippen LogP contribution in [0.1, 0.15) is 0 Å². The highest BCUT2D eigenvalue weighted by molar-refractivity contribution is 6.54. The van der Waals surface area contributed by atoms with Crippen molar-refractivity contribution in [2.75, 3.05) is 0 Å². The standard InChI is InChI=1S/C3H10Si.H4Si/c1-4(2)3;/h4H,1-3H3;1H4. The fourth-order valence-corrected chi connectivity index (χ4v) is 0. The molecular formula is C3H14Si2. The van der Waals surface area contributed by atoms with Gasteiger partial charge in [-0.25, -0.2) is 0 Å². The molecule has 5 heavy (non-hydrogen) atoms. The van der Waals surface area contributed by atoms with Gasteiger partial charge in [-0.3, -0.25) is 0 Å². The zero-order valence-corrected chi connectivity index (χ0v) is 4.73. The van der Waals surface area contributed by atoms with E-state index in [9.17, 15) is 0 Å².